The van der Waals surface area contributed by atoms with E-state index >= 15 is 0 Å². The largest absolute Gasteiger partial charge is 0.503 e. The minimum Gasteiger partial charge on any atom is -0.503 e. The van der Waals surface area contributed by atoms with Crippen molar-refractivity contribution in [3.05, 3.63) is 88.3 Å². The molecule has 2 aromatic carbocycles. The standard InChI is InChI=1S/C24H23NO4/c26-21-15-25(14-19(22(21)27)23(28)29)16-24(12-6-7-13-24)20-11-5-4-10-18(20)17-8-2-1-3-9-17/h1-5,8-11,14-15,26H,6-7,12-13,16H2,(H,28,29). The summed E-state index contributed by atoms with van der Waals surface area (Å²) in [5.41, 5.74) is 2.08. The van der Waals surface area contributed by atoms with Crippen LogP contribution in [-0.2, 0) is 12.0 Å². The molecule has 0 spiro atoms. The van der Waals surface area contributed by atoms with Crippen LogP contribution in [0.2, 0.25) is 0 Å². The summed E-state index contributed by atoms with van der Waals surface area (Å²) in [5.74, 6) is -1.86. The predicted molar refractivity (Wildman–Crippen MR) is 111 cm³/mol. The van der Waals surface area contributed by atoms with Crippen LogP contribution in [0.25, 0.3) is 11.1 Å². The van der Waals surface area contributed by atoms with E-state index in [9.17, 15) is 19.8 Å². The first-order chi connectivity index (χ1) is 14.0. The maximum absolute atomic E-state index is 11.9. The van der Waals surface area contributed by atoms with Gasteiger partial charge in [0.2, 0.25) is 5.43 Å². The van der Waals surface area contributed by atoms with E-state index in [0.29, 0.717) is 6.54 Å². The summed E-state index contributed by atoms with van der Waals surface area (Å²) in [4.78, 5) is 23.4. The van der Waals surface area contributed by atoms with Crippen LogP contribution in [0, 0.1) is 0 Å². The molecular formula is C24H23NO4. The van der Waals surface area contributed by atoms with Crippen LogP contribution < -0.4 is 5.43 Å². The molecule has 1 fully saturated rings. The Kier molecular flexibility index (Phi) is 4.97. The number of carbonyl (C=O) groups is 1. The number of hydrogen-bond donors (Lipinski definition) is 2. The van der Waals surface area contributed by atoms with Gasteiger partial charge in [0.25, 0.3) is 0 Å². The topological polar surface area (TPSA) is 79.5 Å². The molecule has 2 N–H and O–H groups in total. The molecule has 3 aromatic rings. The van der Waals surface area contributed by atoms with E-state index in [1.807, 2.05) is 30.3 Å². The molecule has 0 radical (unpaired) electrons. The Balaban J connectivity index is 1.82. The predicted octanol–water partition coefficient (Wildman–Crippen LogP) is 4.43. The Morgan fingerprint density at radius 2 is 1.62 bits per heavy atom. The molecule has 0 bridgehead atoms. The third kappa shape index (κ3) is 3.56. The van der Waals surface area contributed by atoms with Crippen molar-refractivity contribution in [2.45, 2.75) is 37.6 Å². The zero-order chi connectivity index (χ0) is 20.4. The zero-order valence-corrected chi connectivity index (χ0v) is 16.0. The molecule has 0 atom stereocenters. The number of aromatic carboxylic acids is 1. The van der Waals surface area contributed by atoms with Gasteiger partial charge in [0.05, 0.1) is 0 Å². The molecule has 5 heteroatoms. The Morgan fingerprint density at radius 3 is 2.31 bits per heavy atom. The zero-order valence-electron chi connectivity index (χ0n) is 16.0. The highest BCUT2D eigenvalue weighted by Gasteiger charge is 2.37. The van der Waals surface area contributed by atoms with Crippen molar-refractivity contribution in [1.82, 2.24) is 4.57 Å². The van der Waals surface area contributed by atoms with Crippen molar-refractivity contribution >= 4 is 5.97 Å². The molecule has 0 amide bonds. The minimum atomic E-state index is -1.33. The van der Waals surface area contributed by atoms with E-state index in [0.717, 1.165) is 31.2 Å². The fraction of sp³-hybridized carbons (Fsp3) is 0.250. The van der Waals surface area contributed by atoms with Gasteiger partial charge in [-0.25, -0.2) is 4.79 Å². The number of aromatic nitrogens is 1. The van der Waals surface area contributed by atoms with Crippen LogP contribution in [0.3, 0.4) is 0 Å². The van der Waals surface area contributed by atoms with Gasteiger partial charge in [0.15, 0.2) is 5.75 Å². The maximum Gasteiger partial charge on any atom is 0.341 e. The molecule has 4 rings (SSSR count). The summed E-state index contributed by atoms with van der Waals surface area (Å²) >= 11 is 0. The van der Waals surface area contributed by atoms with Crippen molar-refractivity contribution in [2.24, 2.45) is 0 Å². The van der Waals surface area contributed by atoms with E-state index in [4.69, 9.17) is 0 Å². The van der Waals surface area contributed by atoms with Crippen LogP contribution in [-0.4, -0.2) is 20.7 Å². The van der Waals surface area contributed by atoms with Crippen molar-refractivity contribution in [2.75, 3.05) is 0 Å². The number of hydrogen-bond acceptors (Lipinski definition) is 3. The van der Waals surface area contributed by atoms with Gasteiger partial charge in [-0.2, -0.15) is 0 Å². The summed E-state index contributed by atoms with van der Waals surface area (Å²) < 4.78 is 1.66. The summed E-state index contributed by atoms with van der Waals surface area (Å²) in [7, 11) is 0. The average molecular weight is 389 g/mol. The van der Waals surface area contributed by atoms with Gasteiger partial charge in [-0.3, -0.25) is 4.79 Å². The van der Waals surface area contributed by atoms with Gasteiger partial charge in [-0.15, -0.1) is 0 Å². The molecule has 148 valence electrons. The summed E-state index contributed by atoms with van der Waals surface area (Å²) in [5, 5.41) is 19.3. The number of carboxylic acids is 1. The lowest BCUT2D eigenvalue weighted by molar-refractivity contribution is 0.0693. The second kappa shape index (κ2) is 7.59. The van der Waals surface area contributed by atoms with E-state index in [1.165, 1.54) is 23.5 Å². The lowest BCUT2D eigenvalue weighted by atomic mass is 9.75. The lowest BCUT2D eigenvalue weighted by Crippen LogP contribution is -2.30. The smallest absolute Gasteiger partial charge is 0.341 e. The van der Waals surface area contributed by atoms with Crippen molar-refractivity contribution in [1.29, 1.82) is 0 Å². The van der Waals surface area contributed by atoms with Crippen molar-refractivity contribution in [3.8, 4) is 16.9 Å². The van der Waals surface area contributed by atoms with E-state index in [-0.39, 0.29) is 5.41 Å². The van der Waals surface area contributed by atoms with Crippen LogP contribution in [0.15, 0.2) is 71.8 Å². The third-order valence-corrected chi connectivity index (χ3v) is 5.92. The highest BCUT2D eigenvalue weighted by molar-refractivity contribution is 5.87. The fourth-order valence-corrected chi connectivity index (χ4v) is 4.59. The molecule has 0 aliphatic heterocycles. The molecule has 0 saturated heterocycles. The van der Waals surface area contributed by atoms with Crippen LogP contribution in [0.4, 0.5) is 0 Å². The van der Waals surface area contributed by atoms with Crippen molar-refractivity contribution in [3.63, 3.8) is 0 Å². The quantitative estimate of drug-likeness (QED) is 0.676. The van der Waals surface area contributed by atoms with E-state index < -0.39 is 22.7 Å². The number of benzene rings is 2. The SMILES string of the molecule is O=C(O)c1cn(CC2(c3ccccc3-c3ccccc3)CCCC2)cc(O)c1=O. The highest BCUT2D eigenvalue weighted by atomic mass is 16.4. The van der Waals surface area contributed by atoms with Gasteiger partial charge >= 0.3 is 5.97 Å². The first-order valence-electron chi connectivity index (χ1n) is 9.81. The van der Waals surface area contributed by atoms with Crippen molar-refractivity contribution < 1.29 is 15.0 Å². The Hall–Kier alpha value is -3.34. The number of pyridine rings is 1. The molecule has 1 aromatic heterocycles. The second-order valence-electron chi connectivity index (χ2n) is 7.76. The number of rotatable bonds is 5. The first kappa shape index (κ1) is 19.0. The van der Waals surface area contributed by atoms with E-state index in [2.05, 4.69) is 24.3 Å². The molecule has 5 nitrogen and oxygen atoms in total. The monoisotopic (exact) mass is 389 g/mol. The van der Waals surface area contributed by atoms with Crippen LogP contribution >= 0.6 is 0 Å². The normalized spacial score (nSPS) is 15.3. The Labute approximate surface area is 168 Å². The molecule has 29 heavy (non-hydrogen) atoms. The van der Waals surface area contributed by atoms with Gasteiger partial charge in [-0.05, 0) is 29.5 Å². The summed E-state index contributed by atoms with van der Waals surface area (Å²) in [6, 6.07) is 18.6. The molecule has 1 aliphatic carbocycles. The van der Waals surface area contributed by atoms with Crippen LogP contribution in [0.1, 0.15) is 41.6 Å². The number of aromatic hydroxyl groups is 1. The summed E-state index contributed by atoms with van der Waals surface area (Å²) in [6.07, 6.45) is 6.79. The molecule has 1 aliphatic rings. The molecule has 0 unspecified atom stereocenters. The fourth-order valence-electron chi connectivity index (χ4n) is 4.59. The first-order valence-corrected chi connectivity index (χ1v) is 9.81. The number of nitrogens with zero attached hydrogens (tertiary/aromatic N) is 1. The molecular weight excluding hydrogens is 366 g/mol. The Morgan fingerprint density at radius 1 is 0.966 bits per heavy atom. The highest BCUT2D eigenvalue weighted by Crippen LogP contribution is 2.46. The number of carboxylic acid groups (broad SMARTS) is 1. The van der Waals surface area contributed by atoms with Gasteiger partial charge in [-0.1, -0.05) is 67.4 Å². The van der Waals surface area contributed by atoms with Gasteiger partial charge in [0, 0.05) is 24.4 Å². The second-order valence-corrected chi connectivity index (χ2v) is 7.76. The molecule has 1 saturated carbocycles. The van der Waals surface area contributed by atoms with Gasteiger partial charge in [0.1, 0.15) is 5.56 Å². The molecule has 1 heterocycles. The average Bonchev–Trinajstić information content (AvgIpc) is 3.20. The van der Waals surface area contributed by atoms with Crippen LogP contribution in [0.5, 0.6) is 5.75 Å². The maximum atomic E-state index is 11.9. The Bertz CT molecular complexity index is 1100. The van der Waals surface area contributed by atoms with E-state index in [1.54, 1.807) is 4.57 Å². The third-order valence-electron chi connectivity index (χ3n) is 5.92. The minimum absolute atomic E-state index is 0.191. The van der Waals surface area contributed by atoms with Gasteiger partial charge < -0.3 is 14.8 Å². The summed E-state index contributed by atoms with van der Waals surface area (Å²) in [6.45, 7) is 0.505. The lowest BCUT2D eigenvalue weighted by Gasteiger charge is -2.33.